The lowest BCUT2D eigenvalue weighted by atomic mass is 9.95. The predicted molar refractivity (Wildman–Crippen MR) is 133 cm³/mol. The molecule has 0 atom stereocenters. The van der Waals surface area contributed by atoms with Crippen molar-refractivity contribution < 1.29 is 9.21 Å². The quantitative estimate of drug-likeness (QED) is 0.544. The molecule has 7 nitrogen and oxygen atoms in total. The third-order valence-corrected chi connectivity index (χ3v) is 7.11. The summed E-state index contributed by atoms with van der Waals surface area (Å²) in [6.07, 6.45) is 3.60. The zero-order chi connectivity index (χ0) is 23.5. The number of benzene rings is 1. The van der Waals surface area contributed by atoms with Gasteiger partial charge in [-0.05, 0) is 69.3 Å². The lowest BCUT2D eigenvalue weighted by molar-refractivity contribution is -0.137. The Morgan fingerprint density at radius 3 is 2.44 bits per heavy atom. The zero-order valence-electron chi connectivity index (χ0n) is 19.5. The molecule has 0 unspecified atom stereocenters. The van der Waals surface area contributed by atoms with Crippen molar-refractivity contribution in [2.75, 3.05) is 44.2 Å². The molecule has 0 bridgehead atoms. The van der Waals surface area contributed by atoms with Gasteiger partial charge in [0.05, 0.1) is 5.69 Å². The summed E-state index contributed by atoms with van der Waals surface area (Å²) < 4.78 is 5.91. The fourth-order valence-corrected chi connectivity index (χ4v) is 4.92. The van der Waals surface area contributed by atoms with Crippen molar-refractivity contribution in [3.8, 4) is 11.5 Å². The van der Waals surface area contributed by atoms with Gasteiger partial charge in [0, 0.05) is 55.4 Å². The Kier molecular flexibility index (Phi) is 6.83. The van der Waals surface area contributed by atoms with E-state index in [0.29, 0.717) is 16.8 Å². The number of likely N-dealkylation sites (tertiary alicyclic amines) is 1. The molecule has 8 heteroatoms. The Bertz CT molecular complexity index is 1100. The topological polar surface area (TPSA) is 65.7 Å². The maximum atomic E-state index is 13.1. The summed E-state index contributed by atoms with van der Waals surface area (Å²) in [6.45, 7) is 7.70. The number of aromatic nitrogens is 2. The number of rotatable bonds is 5. The van der Waals surface area contributed by atoms with Gasteiger partial charge in [-0.3, -0.25) is 9.69 Å². The molecule has 34 heavy (non-hydrogen) atoms. The smallest absolute Gasteiger partial charge is 0.226 e. The van der Waals surface area contributed by atoms with Crippen LogP contribution in [-0.2, 0) is 11.3 Å². The van der Waals surface area contributed by atoms with Gasteiger partial charge in [-0.15, -0.1) is 0 Å². The van der Waals surface area contributed by atoms with E-state index in [1.54, 1.807) is 0 Å². The number of carbonyl (C=O) groups excluding carboxylic acids is 1. The molecule has 2 aliphatic rings. The van der Waals surface area contributed by atoms with Crippen LogP contribution >= 0.6 is 11.6 Å². The number of aryl methyl sites for hydroxylation is 1. The van der Waals surface area contributed by atoms with Crippen molar-refractivity contribution in [3.63, 3.8) is 0 Å². The van der Waals surface area contributed by atoms with Crippen LogP contribution in [0.1, 0.15) is 24.3 Å². The monoisotopic (exact) mass is 479 g/mol. The van der Waals surface area contributed by atoms with E-state index in [9.17, 15) is 4.79 Å². The first-order valence-electron chi connectivity index (χ1n) is 12.0. The predicted octanol–water partition coefficient (Wildman–Crippen LogP) is 4.26. The molecule has 0 N–H and O–H groups in total. The molecular formula is C26H30ClN5O2. The van der Waals surface area contributed by atoms with Crippen LogP contribution in [-0.4, -0.2) is 64.9 Å². The number of hydrogen-bond donors (Lipinski definition) is 0. The van der Waals surface area contributed by atoms with Gasteiger partial charge >= 0.3 is 0 Å². The molecule has 0 aliphatic carbocycles. The second kappa shape index (κ2) is 10.2. The Morgan fingerprint density at radius 2 is 1.76 bits per heavy atom. The Hall–Kier alpha value is -2.90. The van der Waals surface area contributed by atoms with Gasteiger partial charge in [0.2, 0.25) is 11.8 Å². The van der Waals surface area contributed by atoms with Crippen LogP contribution in [0.5, 0.6) is 0 Å². The van der Waals surface area contributed by atoms with Gasteiger partial charge in [-0.2, -0.15) is 0 Å². The molecule has 1 amide bonds. The molecule has 5 rings (SSSR count). The second-order valence-corrected chi connectivity index (χ2v) is 9.52. The maximum absolute atomic E-state index is 13.1. The number of piperazine rings is 1. The zero-order valence-corrected chi connectivity index (χ0v) is 20.2. The van der Waals surface area contributed by atoms with Crippen LogP contribution in [0.2, 0.25) is 5.02 Å². The Morgan fingerprint density at radius 1 is 1.03 bits per heavy atom. The highest BCUT2D eigenvalue weighted by Gasteiger charge is 2.31. The molecule has 2 aliphatic heterocycles. The SMILES string of the molecule is Cc1oc(-c2ccc(Cl)cc2)nc1CN1CCC(C(=O)N2CCN(c3ccccn3)CC2)CC1. The summed E-state index contributed by atoms with van der Waals surface area (Å²) >= 11 is 5.99. The second-order valence-electron chi connectivity index (χ2n) is 9.08. The fraction of sp³-hybridized carbons (Fsp3) is 0.423. The average Bonchev–Trinajstić information content (AvgIpc) is 3.25. The van der Waals surface area contributed by atoms with Gasteiger partial charge in [-0.25, -0.2) is 9.97 Å². The molecule has 0 radical (unpaired) electrons. The van der Waals surface area contributed by atoms with Crippen molar-refractivity contribution in [3.05, 3.63) is 65.1 Å². The number of pyridine rings is 1. The molecule has 178 valence electrons. The Balaban J connectivity index is 1.11. The summed E-state index contributed by atoms with van der Waals surface area (Å²) in [7, 11) is 0. The van der Waals surface area contributed by atoms with Crippen LogP contribution in [0.15, 0.2) is 53.1 Å². The van der Waals surface area contributed by atoms with E-state index in [2.05, 4.69) is 14.8 Å². The summed E-state index contributed by atoms with van der Waals surface area (Å²) in [5.41, 5.74) is 1.88. The van der Waals surface area contributed by atoms with Crippen LogP contribution in [0.25, 0.3) is 11.5 Å². The number of hydrogen-bond acceptors (Lipinski definition) is 6. The van der Waals surface area contributed by atoms with Crippen LogP contribution < -0.4 is 4.90 Å². The van der Waals surface area contributed by atoms with Crippen LogP contribution in [0, 0.1) is 12.8 Å². The van der Waals surface area contributed by atoms with E-state index in [-0.39, 0.29) is 5.92 Å². The maximum Gasteiger partial charge on any atom is 0.226 e. The number of piperidine rings is 1. The minimum Gasteiger partial charge on any atom is -0.441 e. The Labute approximate surface area is 205 Å². The molecule has 1 aromatic carbocycles. The average molecular weight is 480 g/mol. The molecule has 0 spiro atoms. The number of oxazole rings is 1. The highest BCUT2D eigenvalue weighted by atomic mass is 35.5. The van der Waals surface area contributed by atoms with Crippen molar-refractivity contribution in [2.45, 2.75) is 26.3 Å². The summed E-state index contributed by atoms with van der Waals surface area (Å²) in [5, 5.41) is 0.694. The highest BCUT2D eigenvalue weighted by molar-refractivity contribution is 6.30. The lowest BCUT2D eigenvalue weighted by Crippen LogP contribution is -2.51. The van der Waals surface area contributed by atoms with E-state index >= 15 is 0 Å². The molecule has 2 aromatic heterocycles. The van der Waals surface area contributed by atoms with Crippen molar-refractivity contribution >= 4 is 23.3 Å². The highest BCUT2D eigenvalue weighted by Crippen LogP contribution is 2.26. The first kappa shape index (κ1) is 22.9. The van der Waals surface area contributed by atoms with Gasteiger partial charge in [-0.1, -0.05) is 17.7 Å². The fourth-order valence-electron chi connectivity index (χ4n) is 4.80. The van der Waals surface area contributed by atoms with Gasteiger partial charge in [0.1, 0.15) is 11.6 Å². The van der Waals surface area contributed by atoms with Crippen molar-refractivity contribution in [2.24, 2.45) is 5.92 Å². The normalized spacial score (nSPS) is 17.8. The molecule has 0 saturated carbocycles. The van der Waals surface area contributed by atoms with Crippen molar-refractivity contribution in [1.82, 2.24) is 19.8 Å². The minimum absolute atomic E-state index is 0.112. The van der Waals surface area contributed by atoms with E-state index in [0.717, 1.165) is 81.5 Å². The van der Waals surface area contributed by atoms with E-state index in [1.165, 1.54) is 0 Å². The summed E-state index contributed by atoms with van der Waals surface area (Å²) in [4.78, 5) is 29.0. The third kappa shape index (κ3) is 5.10. The third-order valence-electron chi connectivity index (χ3n) is 6.86. The number of amides is 1. The van der Waals surface area contributed by atoms with Gasteiger partial charge < -0.3 is 14.2 Å². The largest absolute Gasteiger partial charge is 0.441 e. The molecular weight excluding hydrogens is 450 g/mol. The number of halogens is 1. The molecule has 3 aromatic rings. The van der Waals surface area contributed by atoms with Crippen LogP contribution in [0.3, 0.4) is 0 Å². The standard InChI is InChI=1S/C26H30ClN5O2/c1-19-23(29-25(34-19)20-5-7-22(27)8-6-20)18-30-12-9-21(10-13-30)26(33)32-16-14-31(15-17-32)24-4-2-3-11-28-24/h2-8,11,21H,9-10,12-18H2,1H3. The van der Waals surface area contributed by atoms with Gasteiger partial charge in [0.15, 0.2) is 0 Å². The van der Waals surface area contributed by atoms with E-state index in [4.69, 9.17) is 21.0 Å². The summed E-state index contributed by atoms with van der Waals surface area (Å²) in [5.74, 6) is 2.88. The van der Waals surface area contributed by atoms with Gasteiger partial charge in [0.25, 0.3) is 0 Å². The summed E-state index contributed by atoms with van der Waals surface area (Å²) in [6, 6.07) is 13.5. The number of carbonyl (C=O) groups is 1. The van der Waals surface area contributed by atoms with E-state index < -0.39 is 0 Å². The molecule has 2 fully saturated rings. The first-order chi connectivity index (χ1) is 16.6. The molecule has 2 saturated heterocycles. The number of anilines is 1. The van der Waals surface area contributed by atoms with Crippen LogP contribution in [0.4, 0.5) is 5.82 Å². The number of nitrogens with zero attached hydrogens (tertiary/aromatic N) is 5. The van der Waals surface area contributed by atoms with Crippen molar-refractivity contribution in [1.29, 1.82) is 0 Å². The molecule has 4 heterocycles. The van der Waals surface area contributed by atoms with E-state index in [1.807, 2.05) is 60.5 Å². The first-order valence-corrected chi connectivity index (χ1v) is 12.3. The lowest BCUT2D eigenvalue weighted by Gasteiger charge is -2.38. The minimum atomic E-state index is 0.112.